The fourth-order valence-corrected chi connectivity index (χ4v) is 2.97. The van der Waals surface area contributed by atoms with Crippen LogP contribution in [-0.4, -0.2) is 20.3 Å². The molecule has 0 aliphatic heterocycles. The summed E-state index contributed by atoms with van der Waals surface area (Å²) < 4.78 is 54.5. The molecule has 148 valence electrons. The molecule has 3 nitrogen and oxygen atoms in total. The average molecular weight is 382 g/mol. The zero-order valence-electron chi connectivity index (χ0n) is 16.3. The predicted octanol–water partition coefficient (Wildman–Crippen LogP) is 5.80. The Balaban J connectivity index is 1.90. The fourth-order valence-electron chi connectivity index (χ4n) is 2.97. The van der Waals surface area contributed by atoms with Crippen molar-refractivity contribution in [2.75, 3.05) is 20.3 Å². The molecule has 0 spiro atoms. The van der Waals surface area contributed by atoms with Gasteiger partial charge in [0, 0.05) is 12.0 Å². The highest BCUT2D eigenvalue weighted by atomic mass is 19.4. The molecule has 0 amide bonds. The summed E-state index contributed by atoms with van der Waals surface area (Å²) in [6.07, 6.45) is -3.73. The molecule has 0 aromatic heterocycles. The molecule has 0 aliphatic rings. The summed E-state index contributed by atoms with van der Waals surface area (Å²) in [4.78, 5) is 0. The van der Waals surface area contributed by atoms with E-state index >= 15 is 0 Å². The Morgan fingerprint density at radius 3 is 1.85 bits per heavy atom. The molecule has 0 radical (unpaired) electrons. The number of alkyl halides is 3. The number of rotatable bonds is 7. The van der Waals surface area contributed by atoms with Gasteiger partial charge in [0.15, 0.2) is 0 Å². The van der Waals surface area contributed by atoms with Crippen LogP contribution in [0.15, 0.2) is 24.3 Å². The minimum absolute atomic E-state index is 0.353. The molecular weight excluding hydrogens is 357 g/mol. The highest BCUT2D eigenvalue weighted by Crippen LogP contribution is 2.37. The fraction of sp³-hybridized carbons (Fsp3) is 0.429. The van der Waals surface area contributed by atoms with E-state index in [1.165, 1.54) is 12.1 Å². The third-order valence-electron chi connectivity index (χ3n) is 4.68. The van der Waals surface area contributed by atoms with Gasteiger partial charge in [-0.2, -0.15) is 13.2 Å². The number of hydrogen-bond acceptors (Lipinski definition) is 3. The van der Waals surface area contributed by atoms with E-state index in [2.05, 4.69) is 0 Å². The van der Waals surface area contributed by atoms with Crippen LogP contribution in [0, 0.1) is 27.7 Å². The average Bonchev–Trinajstić information content (AvgIpc) is 2.62. The van der Waals surface area contributed by atoms with Gasteiger partial charge in [-0.05, 0) is 68.7 Å². The first-order chi connectivity index (χ1) is 12.7. The van der Waals surface area contributed by atoms with Crippen molar-refractivity contribution in [3.63, 3.8) is 0 Å². The molecule has 0 saturated heterocycles. The van der Waals surface area contributed by atoms with Crippen LogP contribution in [0.2, 0.25) is 0 Å². The van der Waals surface area contributed by atoms with E-state index in [4.69, 9.17) is 14.2 Å². The maximum Gasteiger partial charge on any atom is 0.416 e. The van der Waals surface area contributed by atoms with Gasteiger partial charge >= 0.3 is 6.18 Å². The normalized spacial score (nSPS) is 11.4. The third kappa shape index (κ3) is 4.87. The van der Waals surface area contributed by atoms with E-state index in [1.54, 1.807) is 7.11 Å². The van der Waals surface area contributed by atoms with Crippen molar-refractivity contribution in [1.29, 1.82) is 0 Å². The van der Waals surface area contributed by atoms with E-state index in [-0.39, 0.29) is 0 Å². The summed E-state index contributed by atoms with van der Waals surface area (Å²) >= 11 is 0. The molecule has 2 rings (SSSR count). The van der Waals surface area contributed by atoms with Gasteiger partial charge in [0.2, 0.25) is 0 Å². The van der Waals surface area contributed by atoms with Crippen molar-refractivity contribution in [2.45, 2.75) is 40.3 Å². The first-order valence-electron chi connectivity index (χ1n) is 8.74. The summed E-state index contributed by atoms with van der Waals surface area (Å²) in [6, 6.07) is 4.68. The number of methoxy groups -OCH3 is 1. The van der Waals surface area contributed by atoms with Crippen LogP contribution < -0.4 is 14.2 Å². The summed E-state index contributed by atoms with van der Waals surface area (Å²) in [6.45, 7) is 8.83. The molecule has 0 heterocycles. The number of hydrogen-bond donors (Lipinski definition) is 0. The maximum atomic E-state index is 12.5. The number of benzene rings is 2. The molecule has 0 fully saturated rings. The summed E-state index contributed by atoms with van der Waals surface area (Å²) in [7, 11) is 1.64. The van der Waals surface area contributed by atoms with Crippen LogP contribution in [0.5, 0.6) is 17.2 Å². The van der Waals surface area contributed by atoms with Crippen LogP contribution in [0.1, 0.15) is 34.2 Å². The maximum absolute atomic E-state index is 12.5. The van der Waals surface area contributed by atoms with E-state index < -0.39 is 11.7 Å². The minimum Gasteiger partial charge on any atom is -0.496 e. The van der Waals surface area contributed by atoms with Gasteiger partial charge in [0.25, 0.3) is 0 Å². The van der Waals surface area contributed by atoms with Crippen LogP contribution in [-0.2, 0) is 6.18 Å². The lowest BCUT2D eigenvalue weighted by molar-refractivity contribution is -0.137. The van der Waals surface area contributed by atoms with Gasteiger partial charge < -0.3 is 14.2 Å². The molecule has 27 heavy (non-hydrogen) atoms. The van der Waals surface area contributed by atoms with Crippen molar-refractivity contribution in [2.24, 2.45) is 0 Å². The van der Waals surface area contributed by atoms with Gasteiger partial charge in [-0.1, -0.05) is 0 Å². The van der Waals surface area contributed by atoms with Crippen LogP contribution >= 0.6 is 0 Å². The Morgan fingerprint density at radius 1 is 0.741 bits per heavy atom. The zero-order valence-corrected chi connectivity index (χ0v) is 16.3. The Morgan fingerprint density at radius 2 is 1.30 bits per heavy atom. The summed E-state index contributed by atoms with van der Waals surface area (Å²) in [5.41, 5.74) is 3.59. The lowest BCUT2D eigenvalue weighted by Gasteiger charge is -2.20. The number of ether oxygens (including phenoxy) is 3. The molecule has 0 saturated carbocycles. The predicted molar refractivity (Wildman–Crippen MR) is 99.0 cm³/mol. The smallest absolute Gasteiger partial charge is 0.416 e. The van der Waals surface area contributed by atoms with Crippen LogP contribution in [0.4, 0.5) is 13.2 Å². The molecule has 2 aromatic rings. The first-order valence-corrected chi connectivity index (χ1v) is 8.74. The van der Waals surface area contributed by atoms with E-state index in [1.807, 2.05) is 27.7 Å². The molecule has 6 heteroatoms. The zero-order chi connectivity index (χ0) is 20.2. The summed E-state index contributed by atoms with van der Waals surface area (Å²) in [5.74, 6) is 2.04. The topological polar surface area (TPSA) is 27.7 Å². The minimum atomic E-state index is -4.34. The molecule has 0 aliphatic carbocycles. The largest absolute Gasteiger partial charge is 0.496 e. The van der Waals surface area contributed by atoms with Crippen molar-refractivity contribution < 1.29 is 27.4 Å². The second-order valence-electron chi connectivity index (χ2n) is 6.43. The highest BCUT2D eigenvalue weighted by molar-refractivity contribution is 5.57. The van der Waals surface area contributed by atoms with Gasteiger partial charge in [-0.3, -0.25) is 0 Å². The quantitative estimate of drug-likeness (QED) is 0.567. The Bertz CT molecular complexity index is 781. The van der Waals surface area contributed by atoms with E-state index in [0.29, 0.717) is 25.4 Å². The van der Waals surface area contributed by atoms with Gasteiger partial charge in [-0.25, -0.2) is 0 Å². The van der Waals surface area contributed by atoms with Gasteiger partial charge in [0.1, 0.15) is 17.2 Å². The second kappa shape index (κ2) is 8.55. The van der Waals surface area contributed by atoms with Crippen molar-refractivity contribution in [3.8, 4) is 17.2 Å². The van der Waals surface area contributed by atoms with Crippen molar-refractivity contribution in [3.05, 3.63) is 52.1 Å². The Kier molecular flexibility index (Phi) is 6.63. The lowest BCUT2D eigenvalue weighted by atomic mass is 9.98. The highest BCUT2D eigenvalue weighted by Gasteiger charge is 2.30. The van der Waals surface area contributed by atoms with E-state index in [9.17, 15) is 13.2 Å². The Hall–Kier alpha value is -2.37. The third-order valence-corrected chi connectivity index (χ3v) is 4.68. The first kappa shape index (κ1) is 20.9. The SMILES string of the molecule is COc1c(C)c(C)c(C)c(OCCCOc2ccc(C(F)(F)F)cc2)c1C. The van der Waals surface area contributed by atoms with Crippen LogP contribution in [0.25, 0.3) is 0 Å². The van der Waals surface area contributed by atoms with Gasteiger partial charge in [0.05, 0.1) is 25.9 Å². The lowest BCUT2D eigenvalue weighted by Crippen LogP contribution is -2.09. The monoisotopic (exact) mass is 382 g/mol. The molecular formula is C21H25F3O3. The molecule has 0 unspecified atom stereocenters. The van der Waals surface area contributed by atoms with Crippen molar-refractivity contribution in [1.82, 2.24) is 0 Å². The molecule has 0 atom stereocenters. The summed E-state index contributed by atoms with van der Waals surface area (Å²) in [5, 5.41) is 0. The Labute approximate surface area is 158 Å². The molecule has 0 N–H and O–H groups in total. The second-order valence-corrected chi connectivity index (χ2v) is 6.43. The van der Waals surface area contributed by atoms with Crippen molar-refractivity contribution >= 4 is 0 Å². The van der Waals surface area contributed by atoms with Crippen LogP contribution in [0.3, 0.4) is 0 Å². The standard InChI is InChI=1S/C21H25F3O3/c1-13-14(2)19(25-5)16(4)20(15(13)3)27-12-6-11-26-18-9-7-17(8-10-18)21(22,23)24/h7-10H,6,11-12H2,1-5H3. The molecule has 0 bridgehead atoms. The molecule has 2 aromatic carbocycles. The van der Waals surface area contributed by atoms with E-state index in [0.717, 1.165) is 45.9 Å². The van der Waals surface area contributed by atoms with Gasteiger partial charge in [-0.15, -0.1) is 0 Å². The number of halogens is 3.